The zero-order valence-corrected chi connectivity index (χ0v) is 12.8. The van der Waals surface area contributed by atoms with Crippen LogP contribution in [-0.2, 0) is 20.1 Å². The molecule has 2 N–H and O–H groups in total. The fraction of sp³-hybridized carbons (Fsp3) is 0.429. The van der Waals surface area contributed by atoms with Crippen LogP contribution in [0.4, 0.5) is 0 Å². The molecule has 108 valence electrons. The molecule has 4 nitrogen and oxygen atoms in total. The van der Waals surface area contributed by atoms with Crippen LogP contribution in [0.15, 0.2) is 30.3 Å². The van der Waals surface area contributed by atoms with Gasteiger partial charge in [-0.3, -0.25) is 9.59 Å². The summed E-state index contributed by atoms with van der Waals surface area (Å²) in [6.07, 6.45) is 0.627. The zero-order valence-electron chi connectivity index (χ0n) is 11.2. The van der Waals surface area contributed by atoms with Crippen molar-refractivity contribution in [3.63, 3.8) is 0 Å². The molecule has 20 heavy (non-hydrogen) atoms. The smallest absolute Gasteiger partial charge is 0.311 e. The number of primary amides is 1. The molecule has 1 heterocycles. The molecule has 0 aliphatic carbocycles. The van der Waals surface area contributed by atoms with E-state index in [0.29, 0.717) is 12.2 Å². The summed E-state index contributed by atoms with van der Waals surface area (Å²) in [4.78, 5) is 23.8. The first-order chi connectivity index (χ1) is 9.60. The number of carbonyl (C=O) groups is 2. The molecule has 1 amide bonds. The molecule has 6 heteroatoms. The molecule has 0 saturated carbocycles. The molecule has 0 aromatic heterocycles. The number of carbonyl (C=O) groups excluding carboxylic acids is 2. The fourth-order valence-corrected chi connectivity index (χ4v) is 5.36. The molecule has 1 aliphatic rings. The van der Waals surface area contributed by atoms with Gasteiger partial charge in [0.2, 0.25) is 5.91 Å². The van der Waals surface area contributed by atoms with Gasteiger partial charge < -0.3 is 10.5 Å². The van der Waals surface area contributed by atoms with Gasteiger partial charge in [-0.1, -0.05) is 30.3 Å². The van der Waals surface area contributed by atoms with Gasteiger partial charge in [0.1, 0.15) is 0 Å². The van der Waals surface area contributed by atoms with E-state index in [1.54, 1.807) is 0 Å². The summed E-state index contributed by atoms with van der Waals surface area (Å²) in [7, 11) is 1.35. The number of hydrogen-bond donors (Lipinski definition) is 1. The molecule has 2 unspecified atom stereocenters. The van der Waals surface area contributed by atoms with E-state index in [9.17, 15) is 9.59 Å². The molecule has 1 saturated heterocycles. The van der Waals surface area contributed by atoms with Crippen LogP contribution in [0.3, 0.4) is 0 Å². The Balaban J connectivity index is 2.17. The van der Waals surface area contributed by atoms with E-state index in [2.05, 4.69) is 0 Å². The van der Waals surface area contributed by atoms with Gasteiger partial charge in [0, 0.05) is 5.75 Å². The number of methoxy groups -OCH3 is 1. The maximum absolute atomic E-state index is 11.9. The lowest BCUT2D eigenvalue weighted by atomic mass is 10.0. The highest BCUT2D eigenvalue weighted by atomic mass is 32.2. The van der Waals surface area contributed by atoms with Gasteiger partial charge in [0.05, 0.1) is 13.0 Å². The molecular formula is C14H17NO3S2. The normalized spacial score (nSPS) is 25.4. The molecular weight excluding hydrogens is 294 g/mol. The number of amides is 1. The number of thioether (sulfide) groups is 2. The van der Waals surface area contributed by atoms with Crippen LogP contribution in [0.5, 0.6) is 0 Å². The Morgan fingerprint density at radius 2 is 2.15 bits per heavy atom. The van der Waals surface area contributed by atoms with Crippen LogP contribution >= 0.6 is 23.5 Å². The Bertz CT molecular complexity index is 494. The molecule has 1 fully saturated rings. The van der Waals surface area contributed by atoms with Crippen LogP contribution in [-0.4, -0.2) is 28.8 Å². The Morgan fingerprint density at radius 3 is 2.75 bits per heavy atom. The molecule has 0 spiro atoms. The Morgan fingerprint density at radius 1 is 1.45 bits per heavy atom. The van der Waals surface area contributed by atoms with E-state index in [1.165, 1.54) is 30.6 Å². The van der Waals surface area contributed by atoms with E-state index in [1.807, 2.05) is 30.3 Å². The van der Waals surface area contributed by atoms with Gasteiger partial charge in [0.15, 0.2) is 4.08 Å². The monoisotopic (exact) mass is 311 g/mol. The average molecular weight is 311 g/mol. The van der Waals surface area contributed by atoms with Crippen molar-refractivity contribution in [1.82, 2.24) is 0 Å². The summed E-state index contributed by atoms with van der Waals surface area (Å²) in [6, 6.07) is 9.83. The lowest BCUT2D eigenvalue weighted by Gasteiger charge is -2.29. The maximum atomic E-state index is 11.9. The van der Waals surface area contributed by atoms with Crippen LogP contribution in [0, 0.1) is 5.92 Å². The van der Waals surface area contributed by atoms with Crippen LogP contribution in [0.2, 0.25) is 0 Å². The quantitative estimate of drug-likeness (QED) is 0.843. The predicted octanol–water partition coefficient (Wildman–Crippen LogP) is 2.03. The van der Waals surface area contributed by atoms with Crippen molar-refractivity contribution >= 4 is 35.4 Å². The third-order valence-electron chi connectivity index (χ3n) is 3.31. The minimum Gasteiger partial charge on any atom is -0.469 e. The third kappa shape index (κ3) is 2.96. The van der Waals surface area contributed by atoms with Gasteiger partial charge in [-0.25, -0.2) is 0 Å². The second kappa shape index (κ2) is 6.54. The highest BCUT2D eigenvalue weighted by molar-refractivity contribution is 8.19. The molecule has 2 rings (SSSR count). The van der Waals surface area contributed by atoms with E-state index in [-0.39, 0.29) is 5.97 Å². The molecule has 0 bridgehead atoms. The summed E-state index contributed by atoms with van der Waals surface area (Å²) in [5.74, 6) is 0.115. The molecule has 1 aromatic carbocycles. The number of nitrogens with two attached hydrogens (primary N) is 1. The first-order valence-electron chi connectivity index (χ1n) is 6.29. The standard InChI is InChI=1S/C14H17NO3S2/c1-18-12(16)11-7-8-19-14(11,13(15)17)20-9-10-5-3-2-4-6-10/h2-6,11H,7-9H2,1H3,(H2,15,17). The Kier molecular flexibility index (Phi) is 4.99. The van der Waals surface area contributed by atoms with Crippen LogP contribution in [0.25, 0.3) is 0 Å². The lowest BCUT2D eigenvalue weighted by Crippen LogP contribution is -2.45. The van der Waals surface area contributed by atoms with Crippen molar-refractivity contribution in [1.29, 1.82) is 0 Å². The summed E-state index contributed by atoms with van der Waals surface area (Å²) < 4.78 is 3.90. The van der Waals surface area contributed by atoms with Gasteiger partial charge in [0.25, 0.3) is 0 Å². The van der Waals surface area contributed by atoms with Crippen molar-refractivity contribution in [3.05, 3.63) is 35.9 Å². The summed E-state index contributed by atoms with van der Waals surface area (Å²) in [5, 5.41) is 0. The number of ether oxygens (including phenoxy) is 1. The summed E-state index contributed by atoms with van der Waals surface area (Å²) in [5.41, 5.74) is 6.70. The zero-order chi connectivity index (χ0) is 14.6. The Hall–Kier alpha value is -1.14. The minimum atomic E-state index is -0.914. The van der Waals surface area contributed by atoms with E-state index < -0.39 is 15.9 Å². The largest absolute Gasteiger partial charge is 0.469 e. The topological polar surface area (TPSA) is 69.4 Å². The maximum Gasteiger partial charge on any atom is 0.311 e. The van der Waals surface area contributed by atoms with Gasteiger partial charge in [-0.05, 0) is 17.7 Å². The van der Waals surface area contributed by atoms with Crippen molar-refractivity contribution in [2.45, 2.75) is 16.3 Å². The SMILES string of the molecule is COC(=O)C1CCSC1(SCc1ccccc1)C(N)=O. The summed E-state index contributed by atoms with van der Waals surface area (Å²) in [6.45, 7) is 0. The minimum absolute atomic E-state index is 0.352. The highest BCUT2D eigenvalue weighted by Gasteiger charge is 2.53. The number of esters is 1. The van der Waals surface area contributed by atoms with E-state index >= 15 is 0 Å². The van der Waals surface area contributed by atoms with E-state index in [0.717, 1.165) is 11.3 Å². The van der Waals surface area contributed by atoms with Gasteiger partial charge in [-0.15, -0.1) is 23.5 Å². The molecule has 1 aromatic rings. The molecule has 0 radical (unpaired) electrons. The number of benzene rings is 1. The van der Waals surface area contributed by atoms with Crippen LogP contribution in [0.1, 0.15) is 12.0 Å². The van der Waals surface area contributed by atoms with Gasteiger partial charge in [-0.2, -0.15) is 0 Å². The van der Waals surface area contributed by atoms with Crippen molar-refractivity contribution in [2.75, 3.05) is 12.9 Å². The van der Waals surface area contributed by atoms with Crippen molar-refractivity contribution in [3.8, 4) is 0 Å². The molecule has 1 aliphatic heterocycles. The first-order valence-corrected chi connectivity index (χ1v) is 8.27. The Labute approximate surface area is 126 Å². The lowest BCUT2D eigenvalue weighted by molar-refractivity contribution is -0.147. The third-order valence-corrected chi connectivity index (χ3v) is 6.76. The summed E-state index contributed by atoms with van der Waals surface area (Å²) >= 11 is 2.89. The van der Waals surface area contributed by atoms with Crippen molar-refractivity contribution < 1.29 is 14.3 Å². The number of rotatable bonds is 5. The average Bonchev–Trinajstić information content (AvgIpc) is 2.90. The highest BCUT2D eigenvalue weighted by Crippen LogP contribution is 2.52. The van der Waals surface area contributed by atoms with Crippen LogP contribution < -0.4 is 5.73 Å². The molecule has 2 atom stereocenters. The first kappa shape index (κ1) is 15.3. The predicted molar refractivity (Wildman–Crippen MR) is 82.2 cm³/mol. The second-order valence-electron chi connectivity index (χ2n) is 4.52. The van der Waals surface area contributed by atoms with Gasteiger partial charge >= 0.3 is 5.97 Å². The second-order valence-corrected chi connectivity index (χ2v) is 7.34. The number of hydrogen-bond acceptors (Lipinski definition) is 5. The van der Waals surface area contributed by atoms with Crippen molar-refractivity contribution in [2.24, 2.45) is 11.7 Å². The van der Waals surface area contributed by atoms with E-state index in [4.69, 9.17) is 10.5 Å². The fourth-order valence-electron chi connectivity index (χ4n) is 2.26.